The molecule has 0 unspecified atom stereocenters. The first-order valence-corrected chi connectivity index (χ1v) is 22.8. The van der Waals surface area contributed by atoms with Crippen molar-refractivity contribution in [3.8, 4) is 73.2 Å². The van der Waals surface area contributed by atoms with Gasteiger partial charge in [-0.05, 0) is 120 Å². The summed E-state index contributed by atoms with van der Waals surface area (Å²) in [4.78, 5) is 15.1. The summed E-state index contributed by atoms with van der Waals surface area (Å²) in [5.41, 5.74) is 13.5. The highest BCUT2D eigenvalue weighted by atomic mass is 15.0. The molecule has 0 aliphatic carbocycles. The van der Waals surface area contributed by atoms with E-state index in [-0.39, 0.29) is 0 Å². The topological polar surface area (TPSA) is 43.6 Å². The van der Waals surface area contributed by atoms with Gasteiger partial charge in [0, 0.05) is 33.2 Å². The summed E-state index contributed by atoms with van der Waals surface area (Å²) in [6.45, 7) is 0. The Balaban J connectivity index is 0.966. The molecule has 2 aromatic heterocycles. The molecule has 0 N–H and O–H groups in total. The number of hydrogen-bond donors (Lipinski definition) is 0. The van der Waals surface area contributed by atoms with Gasteiger partial charge in [-0.1, -0.05) is 188 Å². The van der Waals surface area contributed by atoms with Crippen LogP contribution in [0.15, 0.2) is 243 Å². The van der Waals surface area contributed by atoms with Crippen molar-refractivity contribution >= 4 is 54.1 Å². The predicted molar refractivity (Wildman–Crippen MR) is 279 cm³/mol. The van der Waals surface area contributed by atoms with Gasteiger partial charge in [0.1, 0.15) is 0 Å². The molecule has 0 spiro atoms. The Kier molecular flexibility index (Phi) is 9.14. The fourth-order valence-electron chi connectivity index (χ4n) is 9.96. The summed E-state index contributed by atoms with van der Waals surface area (Å²) in [5, 5.41) is 9.60. The van der Waals surface area contributed by atoms with Gasteiger partial charge in [-0.3, -0.25) is 0 Å². The molecule has 13 rings (SSSR count). The number of rotatable bonds is 7. The van der Waals surface area contributed by atoms with Crippen LogP contribution in [0, 0.1) is 0 Å². The maximum atomic E-state index is 5.09. The van der Waals surface area contributed by atoms with Crippen molar-refractivity contribution in [2.24, 2.45) is 0 Å². The number of hydrogen-bond acceptors (Lipinski definition) is 3. The van der Waals surface area contributed by atoms with Gasteiger partial charge in [0.05, 0.1) is 11.0 Å². The summed E-state index contributed by atoms with van der Waals surface area (Å²) >= 11 is 0. The number of benzene rings is 11. The SMILES string of the molecule is c1ccc(-c2cc(-c3ccccc3)cc(-c3ccc(-n4c5ccccc5c5cc6c7ccc(-c8nc(-c9ccccc9)nc(-c9ccccc9)n8)cc7c7ccccc7c6cc54)cc3)c2)cc1. The first kappa shape index (κ1) is 38.5. The summed E-state index contributed by atoms with van der Waals surface area (Å²) in [5.74, 6) is 1.94. The molecule has 0 amide bonds. The summed E-state index contributed by atoms with van der Waals surface area (Å²) in [7, 11) is 0. The Morgan fingerprint density at radius 3 is 1.13 bits per heavy atom. The van der Waals surface area contributed by atoms with Crippen molar-refractivity contribution < 1.29 is 0 Å². The van der Waals surface area contributed by atoms with Crippen LogP contribution in [-0.2, 0) is 0 Å². The molecule has 0 aliphatic rings. The first-order valence-electron chi connectivity index (χ1n) is 22.8. The van der Waals surface area contributed by atoms with Gasteiger partial charge in [-0.25, -0.2) is 15.0 Å². The Morgan fingerprint density at radius 1 is 0.209 bits per heavy atom. The summed E-state index contributed by atoms with van der Waals surface area (Å²) in [6, 6.07) is 86.8. The summed E-state index contributed by atoms with van der Waals surface area (Å²) < 4.78 is 2.43. The van der Waals surface area contributed by atoms with Crippen LogP contribution >= 0.6 is 0 Å². The van der Waals surface area contributed by atoms with Crippen LogP contribution in [0.5, 0.6) is 0 Å². The third-order valence-electron chi connectivity index (χ3n) is 13.2. The van der Waals surface area contributed by atoms with Crippen LogP contribution in [0.25, 0.3) is 127 Å². The molecular weight excluding hydrogens is 813 g/mol. The van der Waals surface area contributed by atoms with Crippen LogP contribution in [0.4, 0.5) is 0 Å². The predicted octanol–water partition coefficient (Wildman–Crippen LogP) is 16.4. The second kappa shape index (κ2) is 15.9. The normalized spacial score (nSPS) is 11.6. The fraction of sp³-hybridized carbons (Fsp3) is 0. The highest BCUT2D eigenvalue weighted by Gasteiger charge is 2.19. The van der Waals surface area contributed by atoms with Crippen LogP contribution in [0.1, 0.15) is 0 Å². The number of fused-ring (bicyclic) bond motifs is 9. The summed E-state index contributed by atoms with van der Waals surface area (Å²) in [6.07, 6.45) is 0. The highest BCUT2D eigenvalue weighted by molar-refractivity contribution is 6.29. The Labute approximate surface area is 387 Å². The minimum absolute atomic E-state index is 0.642. The van der Waals surface area contributed by atoms with Crippen molar-refractivity contribution in [2.45, 2.75) is 0 Å². The molecular formula is C63H40N4. The number of nitrogens with zero attached hydrogens (tertiary/aromatic N) is 4. The Bertz CT molecular complexity index is 3880. The molecule has 0 bridgehead atoms. The fourth-order valence-corrected chi connectivity index (χ4v) is 9.96. The van der Waals surface area contributed by atoms with E-state index < -0.39 is 0 Å². The monoisotopic (exact) mass is 852 g/mol. The minimum atomic E-state index is 0.642. The molecule has 67 heavy (non-hydrogen) atoms. The van der Waals surface area contributed by atoms with E-state index in [9.17, 15) is 0 Å². The number of aromatic nitrogens is 4. The average Bonchev–Trinajstić information content (AvgIpc) is 3.74. The minimum Gasteiger partial charge on any atom is -0.309 e. The van der Waals surface area contributed by atoms with Gasteiger partial charge < -0.3 is 4.57 Å². The van der Waals surface area contributed by atoms with Crippen molar-refractivity contribution in [2.75, 3.05) is 0 Å². The van der Waals surface area contributed by atoms with E-state index in [2.05, 4.69) is 187 Å². The zero-order valence-corrected chi connectivity index (χ0v) is 36.4. The van der Waals surface area contributed by atoms with E-state index in [1.807, 2.05) is 60.7 Å². The van der Waals surface area contributed by atoms with Crippen molar-refractivity contribution in [3.05, 3.63) is 243 Å². The lowest BCUT2D eigenvalue weighted by molar-refractivity contribution is 1.07. The van der Waals surface area contributed by atoms with Gasteiger partial charge in [0.2, 0.25) is 0 Å². The van der Waals surface area contributed by atoms with Gasteiger partial charge in [0.15, 0.2) is 17.5 Å². The smallest absolute Gasteiger partial charge is 0.164 e. The van der Waals surface area contributed by atoms with Gasteiger partial charge >= 0.3 is 0 Å². The van der Waals surface area contributed by atoms with Crippen LogP contribution in [0.3, 0.4) is 0 Å². The van der Waals surface area contributed by atoms with Crippen molar-refractivity contribution in [1.82, 2.24) is 19.5 Å². The first-order chi connectivity index (χ1) is 33.2. The maximum absolute atomic E-state index is 5.09. The van der Waals surface area contributed by atoms with Gasteiger partial charge in [0.25, 0.3) is 0 Å². The lowest BCUT2D eigenvalue weighted by Gasteiger charge is -2.14. The quantitative estimate of drug-likeness (QED) is 0.150. The molecule has 0 fully saturated rings. The van der Waals surface area contributed by atoms with Crippen molar-refractivity contribution in [3.63, 3.8) is 0 Å². The zero-order chi connectivity index (χ0) is 44.3. The average molecular weight is 853 g/mol. The van der Waals surface area contributed by atoms with E-state index in [1.165, 1.54) is 82.1 Å². The van der Waals surface area contributed by atoms with E-state index in [1.54, 1.807) is 0 Å². The lowest BCUT2D eigenvalue weighted by atomic mass is 9.92. The third-order valence-corrected chi connectivity index (χ3v) is 13.2. The van der Waals surface area contributed by atoms with E-state index in [0.717, 1.165) is 27.8 Å². The van der Waals surface area contributed by atoms with Gasteiger partial charge in [-0.2, -0.15) is 0 Å². The molecule has 0 radical (unpaired) electrons. The van der Waals surface area contributed by atoms with Crippen LogP contribution in [-0.4, -0.2) is 19.5 Å². The molecule has 0 saturated carbocycles. The van der Waals surface area contributed by atoms with E-state index >= 15 is 0 Å². The lowest BCUT2D eigenvalue weighted by Crippen LogP contribution is -2.00. The Morgan fingerprint density at radius 2 is 0.597 bits per heavy atom. The molecule has 2 heterocycles. The molecule has 0 atom stereocenters. The molecule has 4 heteroatoms. The molecule has 11 aromatic carbocycles. The molecule has 312 valence electrons. The zero-order valence-electron chi connectivity index (χ0n) is 36.4. The maximum Gasteiger partial charge on any atom is 0.164 e. The largest absolute Gasteiger partial charge is 0.309 e. The highest BCUT2D eigenvalue weighted by Crippen LogP contribution is 2.42. The molecule has 0 saturated heterocycles. The van der Waals surface area contributed by atoms with Gasteiger partial charge in [-0.15, -0.1) is 0 Å². The van der Waals surface area contributed by atoms with Crippen LogP contribution < -0.4 is 0 Å². The molecule has 0 aliphatic heterocycles. The van der Waals surface area contributed by atoms with E-state index in [4.69, 9.17) is 15.0 Å². The van der Waals surface area contributed by atoms with Crippen molar-refractivity contribution in [1.29, 1.82) is 0 Å². The second-order valence-electron chi connectivity index (χ2n) is 17.2. The molecule has 4 nitrogen and oxygen atoms in total. The second-order valence-corrected chi connectivity index (χ2v) is 17.2. The molecule has 13 aromatic rings. The number of para-hydroxylation sites is 1. The third kappa shape index (κ3) is 6.74. The standard InChI is InChI=1S/C63H40N4/c1-5-17-41(18-6-1)47-35-48(42-19-7-2-8-20-42)37-49(36-47)43-29-32-50(33-30-43)67-59-28-16-15-27-54(59)58-39-56-53-34-31-46(38-55(53)51-25-13-14-26-52(51)57(56)40-60(58)67)63-65-61(44-21-9-3-10-22-44)64-62(66-63)45-23-11-4-12-24-45/h1-40H. The van der Waals surface area contributed by atoms with E-state index in [0.29, 0.717) is 17.5 Å². The Hall–Kier alpha value is -8.99. The van der Waals surface area contributed by atoms with Crippen LogP contribution in [0.2, 0.25) is 0 Å².